The second-order valence-electron chi connectivity index (χ2n) is 3.63. The zero-order valence-electron chi connectivity index (χ0n) is 9.29. The average molecular weight is 436 g/mol. The van der Waals surface area contributed by atoms with Gasteiger partial charge >= 0.3 is 0 Å². The van der Waals surface area contributed by atoms with Crippen molar-refractivity contribution in [2.75, 3.05) is 0 Å². The van der Waals surface area contributed by atoms with E-state index in [9.17, 15) is 0 Å². The van der Waals surface area contributed by atoms with Gasteiger partial charge in [0.15, 0.2) is 0 Å². The van der Waals surface area contributed by atoms with Gasteiger partial charge in [-0.05, 0) is 46.3 Å². The van der Waals surface area contributed by atoms with Crippen molar-refractivity contribution in [2.45, 2.75) is 6.54 Å². The molecule has 0 amide bonds. The van der Waals surface area contributed by atoms with Crippen LogP contribution in [0.4, 0.5) is 0 Å². The molecule has 2 aromatic carbocycles. The second-order valence-corrected chi connectivity index (χ2v) is 6.32. The quantitative estimate of drug-likeness (QED) is 0.716. The first-order chi connectivity index (χ1) is 8.60. The molecular formula is C13H10Br3NO. The average Bonchev–Trinajstić information content (AvgIpc) is 2.33. The third-order valence-electron chi connectivity index (χ3n) is 2.36. The molecule has 0 radical (unpaired) electrons. The highest BCUT2D eigenvalue weighted by atomic mass is 79.9. The van der Waals surface area contributed by atoms with Crippen molar-refractivity contribution < 1.29 is 4.74 Å². The smallest absolute Gasteiger partial charge is 0.141 e. The summed E-state index contributed by atoms with van der Waals surface area (Å²) in [7, 11) is 0. The number of benzene rings is 2. The SMILES string of the molecule is NCc1ccc(Br)cc1Oc1ccc(Br)cc1Br. The summed E-state index contributed by atoms with van der Waals surface area (Å²) in [5.41, 5.74) is 6.67. The number of rotatable bonds is 3. The molecule has 0 unspecified atom stereocenters. The zero-order valence-corrected chi connectivity index (χ0v) is 14.0. The molecule has 0 aromatic heterocycles. The van der Waals surface area contributed by atoms with Gasteiger partial charge in [0.25, 0.3) is 0 Å². The second kappa shape index (κ2) is 6.19. The normalized spacial score (nSPS) is 10.4. The number of nitrogens with two attached hydrogens (primary N) is 1. The van der Waals surface area contributed by atoms with Crippen molar-refractivity contribution in [3.05, 3.63) is 55.4 Å². The van der Waals surface area contributed by atoms with Gasteiger partial charge in [-0.15, -0.1) is 0 Å². The molecule has 2 N–H and O–H groups in total. The Morgan fingerprint density at radius 1 is 0.889 bits per heavy atom. The van der Waals surface area contributed by atoms with E-state index in [0.717, 1.165) is 30.5 Å². The first kappa shape index (κ1) is 14.1. The Morgan fingerprint density at radius 2 is 1.56 bits per heavy atom. The Morgan fingerprint density at radius 3 is 2.22 bits per heavy atom. The lowest BCUT2D eigenvalue weighted by molar-refractivity contribution is 0.473. The van der Waals surface area contributed by atoms with Crippen LogP contribution in [0.2, 0.25) is 0 Å². The Bertz CT molecular complexity index is 572. The van der Waals surface area contributed by atoms with E-state index in [4.69, 9.17) is 10.5 Å². The minimum absolute atomic E-state index is 0.441. The van der Waals surface area contributed by atoms with Gasteiger partial charge in [0, 0.05) is 21.1 Å². The van der Waals surface area contributed by atoms with Gasteiger partial charge < -0.3 is 10.5 Å². The summed E-state index contributed by atoms with van der Waals surface area (Å²) < 4.78 is 8.73. The van der Waals surface area contributed by atoms with Gasteiger partial charge in [-0.2, -0.15) is 0 Å². The lowest BCUT2D eigenvalue weighted by Crippen LogP contribution is -1.99. The van der Waals surface area contributed by atoms with E-state index in [0.29, 0.717) is 6.54 Å². The molecule has 0 saturated heterocycles. The summed E-state index contributed by atoms with van der Waals surface area (Å²) in [5.74, 6) is 1.51. The Balaban J connectivity index is 2.36. The maximum atomic E-state index is 5.89. The van der Waals surface area contributed by atoms with Gasteiger partial charge in [0.1, 0.15) is 11.5 Å². The predicted octanol–water partition coefficient (Wildman–Crippen LogP) is 5.23. The minimum Gasteiger partial charge on any atom is -0.456 e. The van der Waals surface area contributed by atoms with Crippen molar-refractivity contribution in [3.8, 4) is 11.5 Å². The van der Waals surface area contributed by atoms with E-state index in [1.165, 1.54) is 0 Å². The summed E-state index contributed by atoms with van der Waals surface area (Å²) in [5, 5.41) is 0. The molecule has 0 heterocycles. The highest BCUT2D eigenvalue weighted by Crippen LogP contribution is 2.34. The predicted molar refractivity (Wildman–Crippen MR) is 83.9 cm³/mol. The Kier molecular flexibility index (Phi) is 4.84. The van der Waals surface area contributed by atoms with Crippen LogP contribution in [0.3, 0.4) is 0 Å². The highest BCUT2D eigenvalue weighted by Gasteiger charge is 2.07. The van der Waals surface area contributed by atoms with E-state index in [1.54, 1.807) is 0 Å². The standard InChI is InChI=1S/C13H10Br3NO/c14-9-3-4-12(11(16)5-9)18-13-6-10(15)2-1-8(13)7-17/h1-6H,7,17H2. The molecule has 0 saturated carbocycles. The highest BCUT2D eigenvalue weighted by molar-refractivity contribution is 9.11. The van der Waals surface area contributed by atoms with Crippen LogP contribution in [0.1, 0.15) is 5.56 Å². The topological polar surface area (TPSA) is 35.2 Å². The third kappa shape index (κ3) is 3.35. The van der Waals surface area contributed by atoms with Crippen LogP contribution in [0.15, 0.2) is 49.8 Å². The number of halogens is 3. The molecule has 2 rings (SSSR count). The van der Waals surface area contributed by atoms with E-state index in [-0.39, 0.29) is 0 Å². The maximum Gasteiger partial charge on any atom is 0.141 e. The summed E-state index contributed by atoms with van der Waals surface area (Å²) >= 11 is 10.3. The van der Waals surface area contributed by atoms with Crippen LogP contribution in [0.5, 0.6) is 11.5 Å². The zero-order chi connectivity index (χ0) is 13.1. The molecular weight excluding hydrogens is 426 g/mol. The first-order valence-corrected chi connectivity index (χ1v) is 7.59. The van der Waals surface area contributed by atoms with E-state index in [2.05, 4.69) is 47.8 Å². The summed E-state index contributed by atoms with van der Waals surface area (Å²) in [6.45, 7) is 0.441. The molecule has 0 aliphatic rings. The van der Waals surface area contributed by atoms with Gasteiger partial charge in [-0.3, -0.25) is 0 Å². The Hall–Kier alpha value is -0.360. The van der Waals surface area contributed by atoms with Gasteiger partial charge in [0.2, 0.25) is 0 Å². The molecule has 2 nitrogen and oxygen atoms in total. The lowest BCUT2D eigenvalue weighted by Gasteiger charge is -2.12. The van der Waals surface area contributed by atoms with E-state index >= 15 is 0 Å². The fraction of sp³-hybridized carbons (Fsp3) is 0.0769. The molecule has 2 aromatic rings. The monoisotopic (exact) mass is 433 g/mol. The fourth-order valence-corrected chi connectivity index (χ4v) is 2.94. The minimum atomic E-state index is 0.441. The molecule has 0 bridgehead atoms. The molecule has 94 valence electrons. The molecule has 0 spiro atoms. The van der Waals surface area contributed by atoms with Crippen LogP contribution in [0.25, 0.3) is 0 Å². The molecule has 18 heavy (non-hydrogen) atoms. The van der Waals surface area contributed by atoms with Crippen LogP contribution < -0.4 is 10.5 Å². The number of ether oxygens (including phenoxy) is 1. The summed E-state index contributed by atoms with van der Waals surface area (Å²) in [4.78, 5) is 0. The van der Waals surface area contributed by atoms with E-state index in [1.807, 2.05) is 36.4 Å². The maximum absolute atomic E-state index is 5.89. The number of hydrogen-bond donors (Lipinski definition) is 1. The van der Waals surface area contributed by atoms with Gasteiger partial charge in [-0.25, -0.2) is 0 Å². The molecule has 0 fully saturated rings. The Labute approximate surface area is 131 Å². The summed E-state index contributed by atoms with van der Waals surface area (Å²) in [6.07, 6.45) is 0. The molecule has 0 atom stereocenters. The molecule has 5 heteroatoms. The van der Waals surface area contributed by atoms with Gasteiger partial charge in [0.05, 0.1) is 4.47 Å². The lowest BCUT2D eigenvalue weighted by atomic mass is 10.2. The fourth-order valence-electron chi connectivity index (χ4n) is 1.47. The van der Waals surface area contributed by atoms with Crippen molar-refractivity contribution in [1.29, 1.82) is 0 Å². The first-order valence-electron chi connectivity index (χ1n) is 5.21. The largest absolute Gasteiger partial charge is 0.456 e. The van der Waals surface area contributed by atoms with Gasteiger partial charge in [-0.1, -0.05) is 37.9 Å². The van der Waals surface area contributed by atoms with Crippen molar-refractivity contribution in [1.82, 2.24) is 0 Å². The van der Waals surface area contributed by atoms with Crippen molar-refractivity contribution >= 4 is 47.8 Å². The van der Waals surface area contributed by atoms with Crippen LogP contribution >= 0.6 is 47.8 Å². The number of hydrogen-bond acceptors (Lipinski definition) is 2. The molecule has 0 aliphatic carbocycles. The van der Waals surface area contributed by atoms with Crippen LogP contribution in [0, 0.1) is 0 Å². The summed E-state index contributed by atoms with van der Waals surface area (Å²) in [6, 6.07) is 11.6. The molecule has 0 aliphatic heterocycles. The van der Waals surface area contributed by atoms with Crippen molar-refractivity contribution in [2.24, 2.45) is 5.73 Å². The third-order valence-corrected chi connectivity index (χ3v) is 3.97. The van der Waals surface area contributed by atoms with E-state index < -0.39 is 0 Å². The van der Waals surface area contributed by atoms with Crippen molar-refractivity contribution in [3.63, 3.8) is 0 Å². The van der Waals surface area contributed by atoms with Crippen LogP contribution in [-0.2, 0) is 6.54 Å². The van der Waals surface area contributed by atoms with Crippen LogP contribution in [-0.4, -0.2) is 0 Å².